The highest BCUT2D eigenvalue weighted by atomic mass is 16.5. The maximum Gasteiger partial charge on any atom is 0.147 e. The number of hydrogen-bond acceptors (Lipinski definition) is 4. The second kappa shape index (κ2) is 9.65. The lowest BCUT2D eigenvalue weighted by Gasteiger charge is -2.12. The van der Waals surface area contributed by atoms with Crippen LogP contribution in [0.3, 0.4) is 0 Å². The van der Waals surface area contributed by atoms with Crippen LogP contribution in [0.4, 0.5) is 0 Å². The largest absolute Gasteiger partial charge is 0.497 e. The molecule has 1 heterocycles. The summed E-state index contributed by atoms with van der Waals surface area (Å²) in [7, 11) is 1.65. The van der Waals surface area contributed by atoms with Crippen LogP contribution in [0.15, 0.2) is 91.0 Å². The van der Waals surface area contributed by atoms with Crippen LogP contribution in [0.1, 0.15) is 12.2 Å². The van der Waals surface area contributed by atoms with E-state index in [1.807, 2.05) is 66.7 Å². The van der Waals surface area contributed by atoms with E-state index in [4.69, 9.17) is 19.2 Å². The van der Waals surface area contributed by atoms with E-state index in [0.717, 1.165) is 52.5 Å². The molecule has 0 N–H and O–H groups in total. The van der Waals surface area contributed by atoms with Crippen molar-refractivity contribution in [2.45, 2.75) is 19.6 Å². The molecule has 0 unspecified atom stereocenters. The quantitative estimate of drug-likeness (QED) is 0.255. The molecule has 0 aliphatic carbocycles. The summed E-state index contributed by atoms with van der Waals surface area (Å²) in [5.41, 5.74) is 2.08. The molecule has 0 atom stereocenters. The van der Waals surface area contributed by atoms with Crippen LogP contribution in [-0.2, 0) is 13.2 Å². The van der Waals surface area contributed by atoms with Crippen molar-refractivity contribution in [3.8, 4) is 17.2 Å². The number of para-hydroxylation sites is 2. The van der Waals surface area contributed by atoms with Crippen LogP contribution in [0.25, 0.3) is 21.8 Å². The molecule has 5 nitrogen and oxygen atoms in total. The number of rotatable bonds is 9. The fourth-order valence-corrected chi connectivity index (χ4v) is 4.03. The number of aryl methyl sites for hydroxylation is 1. The fraction of sp³-hybridized carbons (Fsp3) is 0.179. The van der Waals surface area contributed by atoms with Crippen molar-refractivity contribution < 1.29 is 14.2 Å². The maximum atomic E-state index is 6.14. The second-order valence-corrected chi connectivity index (χ2v) is 7.81. The number of ether oxygens (including phenoxy) is 3. The minimum absolute atomic E-state index is 0.394. The Kier molecular flexibility index (Phi) is 6.11. The first-order valence-electron chi connectivity index (χ1n) is 11.1. The molecule has 5 rings (SSSR count). The molecule has 0 fully saturated rings. The van der Waals surface area contributed by atoms with Crippen molar-refractivity contribution in [3.05, 3.63) is 96.8 Å². The summed E-state index contributed by atoms with van der Waals surface area (Å²) in [6.07, 6.45) is 0.860. The minimum atomic E-state index is 0.394. The molecule has 4 aromatic carbocycles. The highest BCUT2D eigenvalue weighted by Crippen LogP contribution is 2.25. The van der Waals surface area contributed by atoms with E-state index in [-0.39, 0.29) is 0 Å². The van der Waals surface area contributed by atoms with Gasteiger partial charge >= 0.3 is 0 Å². The Balaban J connectivity index is 1.27. The van der Waals surface area contributed by atoms with Gasteiger partial charge in [-0.15, -0.1) is 0 Å². The predicted octanol–water partition coefficient (Wildman–Crippen LogP) is 6.25. The standard InChI is InChI=1S/C28H26N2O3/c1-31-22-14-16-23(17-15-22)33-20-28-29-25-11-4-5-12-26(25)30(28)18-7-19-32-27-13-6-9-21-8-2-3-10-24(21)27/h2-6,8-17H,7,18-20H2,1H3. The topological polar surface area (TPSA) is 45.5 Å². The normalized spacial score (nSPS) is 11.1. The third-order valence-electron chi connectivity index (χ3n) is 5.69. The van der Waals surface area contributed by atoms with Gasteiger partial charge in [0.25, 0.3) is 0 Å². The summed E-state index contributed by atoms with van der Waals surface area (Å²) in [6, 6.07) is 30.3. The Bertz CT molecular complexity index is 1350. The highest BCUT2D eigenvalue weighted by Gasteiger charge is 2.11. The van der Waals surface area contributed by atoms with Crippen molar-refractivity contribution in [3.63, 3.8) is 0 Å². The van der Waals surface area contributed by atoms with Crippen LogP contribution in [-0.4, -0.2) is 23.3 Å². The van der Waals surface area contributed by atoms with Gasteiger partial charge in [0.2, 0.25) is 0 Å². The van der Waals surface area contributed by atoms with Crippen molar-refractivity contribution >= 4 is 21.8 Å². The summed E-state index contributed by atoms with van der Waals surface area (Å²) < 4.78 is 19.6. The van der Waals surface area contributed by atoms with Gasteiger partial charge < -0.3 is 18.8 Å². The maximum absolute atomic E-state index is 6.14. The lowest BCUT2D eigenvalue weighted by molar-refractivity contribution is 0.281. The molecule has 0 saturated carbocycles. The first kappa shape index (κ1) is 20.9. The summed E-state index contributed by atoms with van der Waals surface area (Å²) in [5, 5.41) is 2.33. The van der Waals surface area contributed by atoms with E-state index >= 15 is 0 Å². The predicted molar refractivity (Wildman–Crippen MR) is 131 cm³/mol. The van der Waals surface area contributed by atoms with Crippen LogP contribution in [0, 0.1) is 0 Å². The number of nitrogens with zero attached hydrogens (tertiary/aromatic N) is 2. The Morgan fingerprint density at radius 2 is 1.52 bits per heavy atom. The summed E-state index contributed by atoms with van der Waals surface area (Å²) >= 11 is 0. The number of benzene rings is 4. The monoisotopic (exact) mass is 438 g/mol. The molecular formula is C28H26N2O3. The molecule has 33 heavy (non-hydrogen) atoms. The van der Waals surface area contributed by atoms with E-state index in [1.54, 1.807) is 7.11 Å². The van der Waals surface area contributed by atoms with E-state index in [2.05, 4.69) is 28.8 Å². The molecule has 166 valence electrons. The summed E-state index contributed by atoms with van der Waals surface area (Å²) in [6.45, 7) is 1.82. The summed E-state index contributed by atoms with van der Waals surface area (Å²) in [4.78, 5) is 4.81. The van der Waals surface area contributed by atoms with Gasteiger partial charge in [-0.2, -0.15) is 0 Å². The van der Waals surface area contributed by atoms with Crippen LogP contribution in [0.2, 0.25) is 0 Å². The lowest BCUT2D eigenvalue weighted by Crippen LogP contribution is -2.10. The average Bonchev–Trinajstić information content (AvgIpc) is 3.23. The Labute approximate surface area is 193 Å². The molecule has 5 heteroatoms. The molecule has 0 bridgehead atoms. The van der Waals surface area contributed by atoms with Crippen molar-refractivity contribution in [2.24, 2.45) is 0 Å². The molecule has 0 spiro atoms. The average molecular weight is 439 g/mol. The first-order valence-corrected chi connectivity index (χ1v) is 11.1. The third kappa shape index (κ3) is 4.62. The SMILES string of the molecule is COc1ccc(OCc2nc3ccccc3n2CCCOc2cccc3ccccc23)cc1. The third-order valence-corrected chi connectivity index (χ3v) is 5.69. The number of fused-ring (bicyclic) bond motifs is 2. The van der Waals surface area contributed by atoms with Crippen LogP contribution in [0.5, 0.6) is 17.2 Å². The Morgan fingerprint density at radius 3 is 2.39 bits per heavy atom. The lowest BCUT2D eigenvalue weighted by atomic mass is 10.1. The molecule has 0 aliphatic heterocycles. The van der Waals surface area contributed by atoms with Gasteiger partial charge in [-0.1, -0.05) is 48.5 Å². The zero-order valence-electron chi connectivity index (χ0n) is 18.6. The van der Waals surface area contributed by atoms with Crippen molar-refractivity contribution in [1.82, 2.24) is 9.55 Å². The van der Waals surface area contributed by atoms with E-state index in [1.165, 1.54) is 5.39 Å². The number of imidazole rings is 1. The van der Waals surface area contributed by atoms with Gasteiger partial charge in [-0.05, 0) is 54.3 Å². The van der Waals surface area contributed by atoms with Gasteiger partial charge in [0.1, 0.15) is 29.7 Å². The van der Waals surface area contributed by atoms with Crippen molar-refractivity contribution in [1.29, 1.82) is 0 Å². The van der Waals surface area contributed by atoms with Crippen LogP contribution < -0.4 is 14.2 Å². The molecule has 0 amide bonds. The van der Waals surface area contributed by atoms with E-state index in [0.29, 0.717) is 13.2 Å². The van der Waals surface area contributed by atoms with Gasteiger partial charge in [0.05, 0.1) is 24.8 Å². The zero-order chi connectivity index (χ0) is 22.5. The number of hydrogen-bond donors (Lipinski definition) is 0. The minimum Gasteiger partial charge on any atom is -0.497 e. The van der Waals surface area contributed by atoms with E-state index < -0.39 is 0 Å². The Hall–Kier alpha value is -3.99. The van der Waals surface area contributed by atoms with E-state index in [9.17, 15) is 0 Å². The fourth-order valence-electron chi connectivity index (χ4n) is 4.03. The van der Waals surface area contributed by atoms with Gasteiger partial charge in [0.15, 0.2) is 0 Å². The second-order valence-electron chi connectivity index (χ2n) is 7.81. The molecule has 5 aromatic rings. The first-order chi connectivity index (χ1) is 16.3. The van der Waals surface area contributed by atoms with Crippen molar-refractivity contribution in [2.75, 3.05) is 13.7 Å². The zero-order valence-corrected chi connectivity index (χ0v) is 18.6. The number of methoxy groups -OCH3 is 1. The van der Waals surface area contributed by atoms with Gasteiger partial charge in [0, 0.05) is 11.9 Å². The van der Waals surface area contributed by atoms with Gasteiger partial charge in [-0.25, -0.2) is 4.98 Å². The summed E-state index contributed by atoms with van der Waals surface area (Å²) in [5.74, 6) is 3.42. The Morgan fingerprint density at radius 1 is 0.758 bits per heavy atom. The molecule has 1 aromatic heterocycles. The van der Waals surface area contributed by atoms with Crippen LogP contribution >= 0.6 is 0 Å². The smallest absolute Gasteiger partial charge is 0.147 e. The van der Waals surface area contributed by atoms with Gasteiger partial charge in [-0.3, -0.25) is 0 Å². The number of aromatic nitrogens is 2. The molecule has 0 saturated heterocycles. The highest BCUT2D eigenvalue weighted by molar-refractivity contribution is 5.88. The molecular weight excluding hydrogens is 412 g/mol. The molecule has 0 aliphatic rings. The molecule has 0 radical (unpaired) electrons.